The van der Waals surface area contributed by atoms with Crippen molar-refractivity contribution in [3.05, 3.63) is 29.8 Å². The zero-order valence-corrected chi connectivity index (χ0v) is 11.4. The van der Waals surface area contributed by atoms with Gasteiger partial charge < -0.3 is 5.11 Å². The summed E-state index contributed by atoms with van der Waals surface area (Å²) in [7, 11) is -2.74. The molecule has 1 aromatic rings. The molecule has 0 aliphatic heterocycles. The van der Waals surface area contributed by atoms with Crippen LogP contribution in [0.3, 0.4) is 0 Å². The number of carbonyl (C=O) groups is 1. The molecule has 5 nitrogen and oxygen atoms in total. The lowest BCUT2D eigenvalue weighted by Gasteiger charge is -2.39. The molecule has 20 heavy (non-hydrogen) atoms. The second-order valence-electron chi connectivity index (χ2n) is 4.77. The van der Waals surface area contributed by atoms with E-state index in [2.05, 4.69) is 0 Å². The fraction of sp³-hybridized carbons (Fsp3) is 0.417. The molecular weight excluding hydrogens is 292 g/mol. The summed E-state index contributed by atoms with van der Waals surface area (Å²) in [6.07, 6.45) is -1.03. The molecule has 0 atom stereocenters. The number of benzene rings is 1. The minimum Gasteiger partial charge on any atom is -0.478 e. The van der Waals surface area contributed by atoms with Gasteiger partial charge >= 0.3 is 5.97 Å². The number of rotatable bonds is 4. The highest BCUT2D eigenvalue weighted by Crippen LogP contribution is 2.41. The van der Waals surface area contributed by atoms with Crippen LogP contribution in [0.5, 0.6) is 0 Å². The minimum absolute atomic E-state index is 0.168. The third kappa shape index (κ3) is 2.66. The maximum Gasteiger partial charge on any atom is 0.335 e. The van der Waals surface area contributed by atoms with Crippen molar-refractivity contribution in [1.29, 1.82) is 0 Å². The first-order chi connectivity index (χ1) is 9.13. The zero-order chi connectivity index (χ0) is 15.1. The number of alkyl halides is 2. The molecule has 1 aliphatic rings. The van der Waals surface area contributed by atoms with Crippen LogP contribution in [0.1, 0.15) is 23.2 Å². The Morgan fingerprint density at radius 1 is 1.40 bits per heavy atom. The third-order valence-corrected chi connectivity index (χ3v) is 5.25. The van der Waals surface area contributed by atoms with Crippen LogP contribution in [0.25, 0.3) is 0 Å². The fourth-order valence-corrected chi connectivity index (χ4v) is 3.44. The Hall–Kier alpha value is -1.54. The van der Waals surface area contributed by atoms with E-state index in [0.29, 0.717) is 0 Å². The number of carboxylic acid groups (broad SMARTS) is 1. The van der Waals surface area contributed by atoms with Crippen LogP contribution in [-0.2, 0) is 10.0 Å². The van der Waals surface area contributed by atoms with Gasteiger partial charge in [-0.05, 0) is 18.2 Å². The maximum atomic E-state index is 12.8. The van der Waals surface area contributed by atoms with Gasteiger partial charge in [0.25, 0.3) is 5.92 Å². The first-order valence-electron chi connectivity index (χ1n) is 5.83. The van der Waals surface area contributed by atoms with Crippen LogP contribution < -0.4 is 0 Å². The van der Waals surface area contributed by atoms with Gasteiger partial charge in [-0.3, -0.25) is 0 Å². The van der Waals surface area contributed by atoms with Crippen molar-refractivity contribution in [3.63, 3.8) is 0 Å². The summed E-state index contributed by atoms with van der Waals surface area (Å²) < 4.78 is 51.0. The van der Waals surface area contributed by atoms with E-state index >= 15 is 0 Å². The average molecular weight is 305 g/mol. The molecule has 0 amide bonds. The van der Waals surface area contributed by atoms with Gasteiger partial charge in [0.1, 0.15) is 0 Å². The molecule has 1 aromatic carbocycles. The number of sulfonamides is 1. The van der Waals surface area contributed by atoms with Crippen LogP contribution >= 0.6 is 0 Å². The van der Waals surface area contributed by atoms with E-state index in [1.807, 2.05) is 0 Å². The van der Waals surface area contributed by atoms with Gasteiger partial charge in [0.2, 0.25) is 10.0 Å². The van der Waals surface area contributed by atoms with Crippen LogP contribution in [0.2, 0.25) is 0 Å². The van der Waals surface area contributed by atoms with Crippen LogP contribution in [-0.4, -0.2) is 42.8 Å². The van der Waals surface area contributed by atoms with Gasteiger partial charge in [0.15, 0.2) is 0 Å². The first-order valence-corrected chi connectivity index (χ1v) is 7.27. The first kappa shape index (κ1) is 14.9. The van der Waals surface area contributed by atoms with Crippen LogP contribution in [0.4, 0.5) is 8.78 Å². The van der Waals surface area contributed by atoms with Gasteiger partial charge in [0.05, 0.1) is 10.5 Å². The Kier molecular flexibility index (Phi) is 3.55. The van der Waals surface area contributed by atoms with E-state index in [1.165, 1.54) is 25.2 Å². The van der Waals surface area contributed by atoms with E-state index in [-0.39, 0.29) is 10.5 Å². The van der Waals surface area contributed by atoms with E-state index in [1.54, 1.807) is 0 Å². The molecule has 1 fully saturated rings. The molecule has 0 unspecified atom stereocenters. The summed E-state index contributed by atoms with van der Waals surface area (Å²) in [5, 5.41) is 8.84. The Balaban J connectivity index is 2.26. The lowest BCUT2D eigenvalue weighted by molar-refractivity contribution is -0.106. The Bertz CT molecular complexity index is 637. The molecule has 8 heteroatoms. The predicted octanol–water partition coefficient (Wildman–Crippen LogP) is 1.80. The largest absolute Gasteiger partial charge is 0.478 e. The Labute approximate surface area is 114 Å². The van der Waals surface area contributed by atoms with Crippen LogP contribution in [0, 0.1) is 0 Å². The van der Waals surface area contributed by atoms with Gasteiger partial charge in [-0.2, -0.15) is 4.31 Å². The lowest BCUT2D eigenvalue weighted by atomic mass is 9.88. The van der Waals surface area contributed by atoms with E-state index < -0.39 is 40.8 Å². The smallest absolute Gasteiger partial charge is 0.335 e. The van der Waals surface area contributed by atoms with Crippen LogP contribution in [0.15, 0.2) is 29.2 Å². The molecule has 0 aromatic heterocycles. The topological polar surface area (TPSA) is 74.7 Å². The molecule has 1 saturated carbocycles. The summed E-state index contributed by atoms with van der Waals surface area (Å²) in [5.41, 5.74) is -0.168. The molecule has 0 bridgehead atoms. The fourth-order valence-electron chi connectivity index (χ4n) is 2.04. The summed E-state index contributed by atoms with van der Waals surface area (Å²) in [4.78, 5) is 10.6. The monoisotopic (exact) mass is 305 g/mol. The Morgan fingerprint density at radius 2 is 2.00 bits per heavy atom. The van der Waals surface area contributed by atoms with Crippen molar-refractivity contribution in [3.8, 4) is 0 Å². The third-order valence-electron chi connectivity index (χ3n) is 3.34. The number of hydrogen-bond acceptors (Lipinski definition) is 3. The maximum absolute atomic E-state index is 12.8. The molecule has 0 heterocycles. The number of nitrogens with zero attached hydrogens (tertiary/aromatic N) is 1. The summed E-state index contributed by atoms with van der Waals surface area (Å²) in [5.74, 6) is -4.07. The van der Waals surface area contributed by atoms with Crippen molar-refractivity contribution in [1.82, 2.24) is 4.31 Å². The van der Waals surface area contributed by atoms with E-state index in [9.17, 15) is 22.0 Å². The lowest BCUT2D eigenvalue weighted by Crippen LogP contribution is -2.51. The zero-order valence-electron chi connectivity index (χ0n) is 10.6. The van der Waals surface area contributed by atoms with Gasteiger partial charge in [-0.25, -0.2) is 22.0 Å². The second-order valence-corrected chi connectivity index (χ2v) is 6.77. The Morgan fingerprint density at radius 3 is 2.50 bits per heavy atom. The number of hydrogen-bond donors (Lipinski definition) is 1. The summed E-state index contributed by atoms with van der Waals surface area (Å²) >= 11 is 0. The molecule has 1 N–H and O–H groups in total. The van der Waals surface area contributed by atoms with Crippen molar-refractivity contribution < 1.29 is 27.1 Å². The van der Waals surface area contributed by atoms with E-state index in [4.69, 9.17) is 5.11 Å². The standard InChI is InChI=1S/C12H13F2NO4S/c1-15(9-6-12(13,14)7-9)20(18,19)10-4-2-3-8(5-10)11(16)17/h2-5,9H,6-7H2,1H3,(H,16,17). The van der Waals surface area contributed by atoms with Crippen molar-refractivity contribution in [2.45, 2.75) is 29.7 Å². The SMILES string of the molecule is CN(C1CC(F)(F)C1)S(=O)(=O)c1cccc(C(=O)O)c1. The van der Waals surface area contributed by atoms with Gasteiger partial charge in [0, 0.05) is 25.9 Å². The van der Waals surface area contributed by atoms with Crippen molar-refractivity contribution in [2.75, 3.05) is 7.05 Å². The van der Waals surface area contributed by atoms with Crippen molar-refractivity contribution >= 4 is 16.0 Å². The number of halogens is 2. The highest BCUT2D eigenvalue weighted by molar-refractivity contribution is 7.89. The molecule has 0 spiro atoms. The van der Waals surface area contributed by atoms with Crippen molar-refractivity contribution in [2.24, 2.45) is 0 Å². The van der Waals surface area contributed by atoms with Gasteiger partial charge in [-0.15, -0.1) is 0 Å². The van der Waals surface area contributed by atoms with Gasteiger partial charge in [-0.1, -0.05) is 6.07 Å². The molecular formula is C12H13F2NO4S. The number of aromatic carboxylic acids is 1. The highest BCUT2D eigenvalue weighted by Gasteiger charge is 2.49. The molecule has 0 saturated heterocycles. The average Bonchev–Trinajstić information content (AvgIpc) is 2.35. The number of carboxylic acids is 1. The second kappa shape index (κ2) is 4.78. The molecule has 1 aliphatic carbocycles. The molecule has 2 rings (SSSR count). The molecule has 0 radical (unpaired) electrons. The summed E-state index contributed by atoms with van der Waals surface area (Å²) in [6.45, 7) is 0. The summed E-state index contributed by atoms with van der Waals surface area (Å²) in [6, 6.07) is 4.07. The highest BCUT2D eigenvalue weighted by atomic mass is 32.2. The van der Waals surface area contributed by atoms with E-state index in [0.717, 1.165) is 10.4 Å². The minimum atomic E-state index is -3.97. The normalized spacial score (nSPS) is 18.8. The quantitative estimate of drug-likeness (QED) is 0.920. The molecule has 110 valence electrons. The predicted molar refractivity (Wildman–Crippen MR) is 66.3 cm³/mol.